The summed E-state index contributed by atoms with van der Waals surface area (Å²) in [5, 5.41) is 12.1. The Bertz CT molecular complexity index is 706. The van der Waals surface area contributed by atoms with Gasteiger partial charge in [0.2, 0.25) is 11.0 Å². The number of carbonyl (C=O) groups is 2. The van der Waals surface area contributed by atoms with E-state index in [4.69, 9.17) is 16.3 Å². The Morgan fingerprint density at radius 3 is 2.71 bits per heavy atom. The highest BCUT2D eigenvalue weighted by Crippen LogP contribution is 2.27. The molecule has 0 fully saturated rings. The topological polar surface area (TPSA) is 81.2 Å². The number of esters is 1. The van der Waals surface area contributed by atoms with Crippen molar-refractivity contribution < 1.29 is 14.3 Å². The summed E-state index contributed by atoms with van der Waals surface area (Å²) >= 11 is 8.34. The highest BCUT2D eigenvalue weighted by atomic mass is 35.5. The van der Waals surface area contributed by atoms with E-state index in [1.807, 2.05) is 12.1 Å². The molecular formula is C15H16ClN3O3S2. The van der Waals surface area contributed by atoms with Crippen molar-refractivity contribution in [2.45, 2.75) is 19.1 Å². The van der Waals surface area contributed by atoms with Gasteiger partial charge in [-0.25, -0.2) is 0 Å². The first-order valence-corrected chi connectivity index (χ1v) is 9.41. The zero-order valence-electron chi connectivity index (χ0n) is 13.1. The van der Waals surface area contributed by atoms with Gasteiger partial charge in [-0.05, 0) is 26.0 Å². The maximum Gasteiger partial charge on any atom is 0.315 e. The van der Waals surface area contributed by atoms with E-state index in [1.165, 1.54) is 23.1 Å². The maximum absolute atomic E-state index is 12.1. The molecule has 24 heavy (non-hydrogen) atoms. The first-order chi connectivity index (χ1) is 11.5. The average Bonchev–Trinajstić information content (AvgIpc) is 3.02. The van der Waals surface area contributed by atoms with Crippen molar-refractivity contribution in [2.75, 3.05) is 17.7 Å². The Kier molecular flexibility index (Phi) is 7.01. The first kappa shape index (κ1) is 18.7. The van der Waals surface area contributed by atoms with Crippen LogP contribution in [0.2, 0.25) is 5.02 Å². The minimum atomic E-state index is -0.405. The van der Waals surface area contributed by atoms with Gasteiger partial charge in [-0.3, -0.25) is 14.9 Å². The van der Waals surface area contributed by atoms with E-state index in [2.05, 4.69) is 15.5 Å². The van der Waals surface area contributed by atoms with Crippen LogP contribution in [-0.4, -0.2) is 39.7 Å². The summed E-state index contributed by atoms with van der Waals surface area (Å²) in [7, 11) is 0. The third-order valence-corrected chi connectivity index (χ3v) is 5.13. The molecule has 0 aliphatic heterocycles. The summed E-state index contributed by atoms with van der Waals surface area (Å²) in [6, 6.07) is 7.22. The van der Waals surface area contributed by atoms with E-state index < -0.39 is 5.25 Å². The second-order valence-electron chi connectivity index (χ2n) is 4.67. The number of halogens is 1. The molecule has 1 atom stereocenters. The molecule has 2 rings (SSSR count). The van der Waals surface area contributed by atoms with Crippen molar-refractivity contribution in [1.82, 2.24) is 10.2 Å². The fraction of sp³-hybridized carbons (Fsp3) is 0.333. The zero-order valence-corrected chi connectivity index (χ0v) is 15.5. The number of aromatic nitrogens is 2. The van der Waals surface area contributed by atoms with E-state index in [-0.39, 0.29) is 17.6 Å². The molecule has 1 aromatic carbocycles. The summed E-state index contributed by atoms with van der Waals surface area (Å²) in [4.78, 5) is 23.4. The molecular weight excluding hydrogens is 370 g/mol. The Morgan fingerprint density at radius 2 is 2.04 bits per heavy atom. The number of ether oxygens (including phenoxy) is 1. The Morgan fingerprint density at radius 1 is 1.33 bits per heavy atom. The average molecular weight is 386 g/mol. The van der Waals surface area contributed by atoms with Crippen molar-refractivity contribution >= 4 is 51.7 Å². The van der Waals surface area contributed by atoms with Gasteiger partial charge in [0.05, 0.1) is 17.6 Å². The second kappa shape index (κ2) is 9.00. The minimum absolute atomic E-state index is 0.134. The van der Waals surface area contributed by atoms with Gasteiger partial charge in [-0.2, -0.15) is 0 Å². The van der Waals surface area contributed by atoms with Crippen LogP contribution in [0.1, 0.15) is 13.8 Å². The van der Waals surface area contributed by atoms with Crippen LogP contribution in [0, 0.1) is 0 Å². The summed E-state index contributed by atoms with van der Waals surface area (Å²) in [6.07, 6.45) is 0. The first-order valence-electron chi connectivity index (χ1n) is 7.17. The van der Waals surface area contributed by atoms with Gasteiger partial charge in [-0.1, -0.05) is 35.1 Å². The molecule has 0 aliphatic carbocycles. The monoisotopic (exact) mass is 385 g/mol. The van der Waals surface area contributed by atoms with E-state index in [1.54, 1.807) is 26.0 Å². The molecule has 1 N–H and O–H groups in total. The standard InChI is InChI=1S/C15H16ClN3O3S2/c1-3-22-12(20)8-23-9(2)13(21)17-15-19-18-14(24-15)10-4-6-11(16)7-5-10/h4-7,9H,3,8H2,1-2H3,(H,17,19,21). The van der Waals surface area contributed by atoms with Gasteiger partial charge in [0.1, 0.15) is 5.01 Å². The molecule has 0 radical (unpaired) electrons. The molecule has 1 amide bonds. The maximum atomic E-state index is 12.1. The summed E-state index contributed by atoms with van der Waals surface area (Å²) in [6.45, 7) is 3.80. The predicted octanol–water partition coefficient (Wildman–Crippen LogP) is 3.48. The highest BCUT2D eigenvalue weighted by Gasteiger charge is 2.17. The summed E-state index contributed by atoms with van der Waals surface area (Å²) in [5.74, 6) is -0.430. The summed E-state index contributed by atoms with van der Waals surface area (Å²) < 4.78 is 4.83. The third-order valence-electron chi connectivity index (χ3n) is 2.87. The molecule has 0 saturated carbocycles. The lowest BCUT2D eigenvalue weighted by molar-refractivity contribution is -0.139. The fourth-order valence-electron chi connectivity index (χ4n) is 1.66. The van der Waals surface area contributed by atoms with Gasteiger partial charge in [0.15, 0.2) is 0 Å². The number of rotatable bonds is 7. The predicted molar refractivity (Wildman–Crippen MR) is 97.5 cm³/mol. The SMILES string of the molecule is CCOC(=O)CSC(C)C(=O)Nc1nnc(-c2ccc(Cl)cc2)s1. The normalized spacial score (nSPS) is 11.8. The van der Waals surface area contributed by atoms with Crippen LogP contribution in [0.25, 0.3) is 10.6 Å². The molecule has 0 bridgehead atoms. The van der Waals surface area contributed by atoms with Crippen LogP contribution in [-0.2, 0) is 14.3 Å². The van der Waals surface area contributed by atoms with Crippen LogP contribution < -0.4 is 5.32 Å². The molecule has 2 aromatic rings. The second-order valence-corrected chi connectivity index (χ2v) is 7.41. The van der Waals surface area contributed by atoms with Crippen LogP contribution in [0.5, 0.6) is 0 Å². The smallest absolute Gasteiger partial charge is 0.315 e. The summed E-state index contributed by atoms with van der Waals surface area (Å²) in [5.41, 5.74) is 0.877. The van der Waals surface area contributed by atoms with Crippen LogP contribution in [0.4, 0.5) is 5.13 Å². The highest BCUT2D eigenvalue weighted by molar-refractivity contribution is 8.01. The van der Waals surface area contributed by atoms with Gasteiger partial charge >= 0.3 is 5.97 Å². The molecule has 1 unspecified atom stereocenters. The zero-order chi connectivity index (χ0) is 17.5. The fourth-order valence-corrected chi connectivity index (χ4v) is 3.22. The minimum Gasteiger partial charge on any atom is -0.465 e. The number of nitrogens with one attached hydrogen (secondary N) is 1. The lowest BCUT2D eigenvalue weighted by Gasteiger charge is -2.09. The van der Waals surface area contributed by atoms with Gasteiger partial charge in [-0.15, -0.1) is 22.0 Å². The van der Waals surface area contributed by atoms with E-state index in [0.717, 1.165) is 5.56 Å². The van der Waals surface area contributed by atoms with Crippen molar-refractivity contribution in [3.05, 3.63) is 29.3 Å². The number of nitrogens with zero attached hydrogens (tertiary/aromatic N) is 2. The van der Waals surface area contributed by atoms with Crippen molar-refractivity contribution in [3.8, 4) is 10.6 Å². The molecule has 1 heterocycles. The quantitative estimate of drug-likeness (QED) is 0.735. The van der Waals surface area contributed by atoms with Crippen molar-refractivity contribution in [1.29, 1.82) is 0 Å². The number of carbonyl (C=O) groups excluding carboxylic acids is 2. The lowest BCUT2D eigenvalue weighted by atomic mass is 10.2. The molecule has 0 aliphatic rings. The number of amides is 1. The van der Waals surface area contributed by atoms with Crippen LogP contribution >= 0.6 is 34.7 Å². The van der Waals surface area contributed by atoms with Crippen LogP contribution in [0.3, 0.4) is 0 Å². The van der Waals surface area contributed by atoms with E-state index >= 15 is 0 Å². The molecule has 9 heteroatoms. The number of hydrogen-bond acceptors (Lipinski definition) is 7. The number of benzene rings is 1. The van der Waals surface area contributed by atoms with E-state index in [9.17, 15) is 9.59 Å². The molecule has 128 valence electrons. The van der Waals surface area contributed by atoms with Gasteiger partial charge < -0.3 is 4.74 Å². The number of anilines is 1. The lowest BCUT2D eigenvalue weighted by Crippen LogP contribution is -2.24. The van der Waals surface area contributed by atoms with Gasteiger partial charge in [0, 0.05) is 10.6 Å². The third kappa shape index (κ3) is 5.47. The van der Waals surface area contributed by atoms with Gasteiger partial charge in [0.25, 0.3) is 0 Å². The number of hydrogen-bond donors (Lipinski definition) is 1. The molecule has 6 nitrogen and oxygen atoms in total. The molecule has 0 spiro atoms. The van der Waals surface area contributed by atoms with Crippen molar-refractivity contribution in [2.24, 2.45) is 0 Å². The Labute approximate surface area is 153 Å². The van der Waals surface area contributed by atoms with Crippen LogP contribution in [0.15, 0.2) is 24.3 Å². The largest absolute Gasteiger partial charge is 0.465 e. The van der Waals surface area contributed by atoms with Crippen molar-refractivity contribution in [3.63, 3.8) is 0 Å². The molecule has 1 aromatic heterocycles. The van der Waals surface area contributed by atoms with E-state index in [0.29, 0.717) is 21.8 Å². The number of thioether (sulfide) groups is 1. The Hall–Kier alpha value is -1.64. The molecule has 0 saturated heterocycles. The Balaban J connectivity index is 1.90.